The first-order valence-corrected chi connectivity index (χ1v) is 14.0. The van der Waals surface area contributed by atoms with Gasteiger partial charge in [0.25, 0.3) is 0 Å². The zero-order chi connectivity index (χ0) is 26.6. The summed E-state index contributed by atoms with van der Waals surface area (Å²) in [5.41, 5.74) is 3.01. The predicted molar refractivity (Wildman–Crippen MR) is 149 cm³/mol. The number of hydrogen-bond acceptors (Lipinski definition) is 8. The van der Waals surface area contributed by atoms with Gasteiger partial charge in [0, 0.05) is 38.0 Å². The number of imidazole rings is 1. The van der Waals surface area contributed by atoms with Crippen molar-refractivity contribution in [2.45, 2.75) is 35.8 Å². The normalized spacial score (nSPS) is 21.0. The number of thioether (sulfide) groups is 1. The molecule has 9 nitrogen and oxygen atoms in total. The first-order valence-electron chi connectivity index (χ1n) is 13.1. The van der Waals surface area contributed by atoms with Crippen molar-refractivity contribution in [1.82, 2.24) is 24.7 Å². The van der Waals surface area contributed by atoms with E-state index in [2.05, 4.69) is 26.7 Å². The van der Waals surface area contributed by atoms with Crippen molar-refractivity contribution in [2.24, 2.45) is 0 Å². The van der Waals surface area contributed by atoms with Crippen LogP contribution < -0.4 is 14.2 Å². The molecule has 0 spiro atoms. The number of rotatable bonds is 8. The third-order valence-corrected chi connectivity index (χ3v) is 8.53. The average molecular weight is 540 g/mol. The molecule has 2 saturated heterocycles. The number of aromatic amines is 1. The van der Waals surface area contributed by atoms with Gasteiger partial charge in [0.2, 0.25) is 11.7 Å². The summed E-state index contributed by atoms with van der Waals surface area (Å²) in [6.07, 6.45) is 1.77. The highest BCUT2D eigenvalue weighted by molar-refractivity contribution is 7.99. The molecule has 2 aliphatic rings. The number of likely N-dealkylation sites (N-methyl/N-ethyl adjacent to an activating group) is 1. The number of ether oxygens (including phenoxy) is 3. The van der Waals surface area contributed by atoms with E-state index in [-0.39, 0.29) is 17.2 Å². The van der Waals surface area contributed by atoms with E-state index in [0.29, 0.717) is 23.8 Å². The van der Waals surface area contributed by atoms with E-state index < -0.39 is 0 Å². The van der Waals surface area contributed by atoms with Gasteiger partial charge in [-0.2, -0.15) is 0 Å². The summed E-state index contributed by atoms with van der Waals surface area (Å²) < 4.78 is 16.7. The molecule has 0 bridgehead atoms. The van der Waals surface area contributed by atoms with E-state index in [9.17, 15) is 4.79 Å². The second-order valence-electron chi connectivity index (χ2n) is 10.00. The van der Waals surface area contributed by atoms with Crippen LogP contribution in [-0.2, 0) is 11.3 Å². The zero-order valence-electron chi connectivity index (χ0n) is 22.6. The van der Waals surface area contributed by atoms with Crippen molar-refractivity contribution in [3.8, 4) is 17.2 Å². The number of nitrogens with zero attached hydrogens (tertiary/aromatic N) is 4. The second-order valence-corrected chi connectivity index (χ2v) is 11.3. The molecule has 5 rings (SSSR count). The van der Waals surface area contributed by atoms with Gasteiger partial charge in [0.15, 0.2) is 16.7 Å². The van der Waals surface area contributed by atoms with Crippen LogP contribution >= 0.6 is 11.8 Å². The average Bonchev–Trinajstić information content (AvgIpc) is 3.45. The Kier molecular flexibility index (Phi) is 8.30. The molecule has 3 aromatic rings. The first kappa shape index (κ1) is 26.6. The second kappa shape index (κ2) is 11.8. The molecule has 2 aliphatic heterocycles. The monoisotopic (exact) mass is 539 g/mol. The van der Waals surface area contributed by atoms with Gasteiger partial charge in [0.1, 0.15) is 0 Å². The van der Waals surface area contributed by atoms with Crippen LogP contribution in [0.5, 0.6) is 17.2 Å². The lowest BCUT2D eigenvalue weighted by molar-refractivity contribution is -0.136. The van der Waals surface area contributed by atoms with Gasteiger partial charge in [0.05, 0.1) is 38.4 Å². The number of aromatic nitrogens is 2. The van der Waals surface area contributed by atoms with E-state index in [4.69, 9.17) is 19.2 Å². The summed E-state index contributed by atoms with van der Waals surface area (Å²) >= 11 is 1.73. The molecule has 0 saturated carbocycles. The molecule has 2 aromatic carbocycles. The van der Waals surface area contributed by atoms with E-state index >= 15 is 0 Å². The van der Waals surface area contributed by atoms with E-state index in [1.807, 2.05) is 36.4 Å². The molecular weight excluding hydrogens is 502 g/mol. The van der Waals surface area contributed by atoms with Gasteiger partial charge in [-0.05, 0) is 56.3 Å². The third-order valence-electron chi connectivity index (χ3n) is 7.44. The Labute approximate surface area is 228 Å². The van der Waals surface area contributed by atoms with Crippen LogP contribution in [0.4, 0.5) is 0 Å². The number of H-pyrrole nitrogens is 1. The van der Waals surface area contributed by atoms with Crippen LogP contribution in [0.1, 0.15) is 18.4 Å². The molecular formula is C28H37N5O4S. The molecule has 2 fully saturated rings. The van der Waals surface area contributed by atoms with Crippen LogP contribution in [0, 0.1) is 0 Å². The Morgan fingerprint density at radius 1 is 1.05 bits per heavy atom. The molecule has 1 aromatic heterocycles. The Bertz CT molecular complexity index is 1210. The van der Waals surface area contributed by atoms with Crippen LogP contribution in [-0.4, -0.2) is 103 Å². The topological polar surface area (TPSA) is 83.2 Å². The van der Waals surface area contributed by atoms with Gasteiger partial charge >= 0.3 is 0 Å². The number of carbonyl (C=O) groups excluding carboxylic acids is 1. The summed E-state index contributed by atoms with van der Waals surface area (Å²) in [7, 11) is 6.98. The number of likely N-dealkylation sites (tertiary alicyclic amines) is 1. The highest BCUT2D eigenvalue weighted by atomic mass is 32.2. The van der Waals surface area contributed by atoms with Crippen LogP contribution in [0.3, 0.4) is 0 Å². The van der Waals surface area contributed by atoms with Gasteiger partial charge in [-0.1, -0.05) is 23.9 Å². The summed E-state index contributed by atoms with van der Waals surface area (Å²) in [6.45, 7) is 4.89. The minimum absolute atomic E-state index is 0.195. The Morgan fingerprint density at radius 3 is 2.53 bits per heavy atom. The maximum atomic E-state index is 13.9. The molecule has 204 valence electrons. The lowest BCUT2D eigenvalue weighted by atomic mass is 10.1. The maximum Gasteiger partial charge on any atom is 0.240 e. The SMILES string of the molecule is COc1cc(CN2C[C@H](Sc3nc4ccccc4[nH]3)C[C@H]2C(=O)N2CCCN(C)CC2)cc(OC)c1OC. The van der Waals surface area contributed by atoms with E-state index in [1.54, 1.807) is 33.1 Å². The lowest BCUT2D eigenvalue weighted by Gasteiger charge is -2.29. The third kappa shape index (κ3) is 5.72. The first-order chi connectivity index (χ1) is 18.5. The fourth-order valence-corrected chi connectivity index (χ4v) is 6.64. The molecule has 1 N–H and O–H groups in total. The molecule has 1 amide bonds. The molecule has 0 aliphatic carbocycles. The zero-order valence-corrected chi connectivity index (χ0v) is 23.4. The maximum absolute atomic E-state index is 13.9. The number of amides is 1. The molecule has 38 heavy (non-hydrogen) atoms. The Hall–Kier alpha value is -2.95. The van der Waals surface area contributed by atoms with Crippen LogP contribution in [0.25, 0.3) is 11.0 Å². The highest BCUT2D eigenvalue weighted by Crippen LogP contribution is 2.40. The molecule has 3 heterocycles. The molecule has 10 heteroatoms. The quantitative estimate of drug-likeness (QED) is 0.466. The van der Waals surface area contributed by atoms with Crippen molar-refractivity contribution in [2.75, 3.05) is 61.1 Å². The number of benzene rings is 2. The number of fused-ring (bicyclic) bond motifs is 1. The minimum Gasteiger partial charge on any atom is -0.493 e. The number of methoxy groups -OCH3 is 3. The molecule has 2 atom stereocenters. The number of hydrogen-bond donors (Lipinski definition) is 1. The smallest absolute Gasteiger partial charge is 0.240 e. The summed E-state index contributed by atoms with van der Waals surface area (Å²) in [5.74, 6) is 2.03. The van der Waals surface area contributed by atoms with Gasteiger partial charge in [-0.3, -0.25) is 9.69 Å². The number of para-hydroxylation sites is 2. The van der Waals surface area contributed by atoms with Crippen molar-refractivity contribution in [1.29, 1.82) is 0 Å². The van der Waals surface area contributed by atoms with Crippen molar-refractivity contribution < 1.29 is 19.0 Å². The Morgan fingerprint density at radius 2 is 1.82 bits per heavy atom. The minimum atomic E-state index is -0.195. The largest absolute Gasteiger partial charge is 0.493 e. The summed E-state index contributed by atoms with van der Waals surface area (Å²) in [6, 6.07) is 11.8. The van der Waals surface area contributed by atoms with Gasteiger partial charge < -0.3 is 29.0 Å². The molecule has 0 unspecified atom stereocenters. The van der Waals surface area contributed by atoms with E-state index in [0.717, 1.165) is 67.3 Å². The number of nitrogens with one attached hydrogen (secondary N) is 1. The molecule has 0 radical (unpaired) electrons. The van der Waals surface area contributed by atoms with Crippen molar-refractivity contribution in [3.05, 3.63) is 42.0 Å². The van der Waals surface area contributed by atoms with Crippen LogP contribution in [0.2, 0.25) is 0 Å². The van der Waals surface area contributed by atoms with Crippen molar-refractivity contribution in [3.63, 3.8) is 0 Å². The lowest BCUT2D eigenvalue weighted by Crippen LogP contribution is -2.46. The summed E-state index contributed by atoms with van der Waals surface area (Å²) in [4.78, 5) is 28.8. The highest BCUT2D eigenvalue weighted by Gasteiger charge is 2.40. The fourth-order valence-electron chi connectivity index (χ4n) is 5.46. The van der Waals surface area contributed by atoms with Gasteiger partial charge in [-0.15, -0.1) is 0 Å². The van der Waals surface area contributed by atoms with Gasteiger partial charge in [-0.25, -0.2) is 4.98 Å². The standard InChI is InChI=1S/C28H37N5O4S/c1-31-10-7-11-32(13-12-31)27(34)23-16-20(38-28-29-21-8-5-6-9-22(21)30-28)18-33(23)17-19-14-24(35-2)26(37-4)25(15-19)36-3/h5-6,8-9,14-15,20,23H,7,10-13,16-18H2,1-4H3,(H,29,30)/t20-,23+/m1/s1. The fraction of sp³-hybridized carbons (Fsp3) is 0.500. The van der Waals surface area contributed by atoms with E-state index in [1.165, 1.54) is 0 Å². The Balaban J connectivity index is 1.39. The summed E-state index contributed by atoms with van der Waals surface area (Å²) in [5, 5.41) is 1.13. The van der Waals surface area contributed by atoms with Crippen LogP contribution in [0.15, 0.2) is 41.6 Å². The van der Waals surface area contributed by atoms with Crippen molar-refractivity contribution >= 4 is 28.7 Å². The predicted octanol–water partition coefficient (Wildman–Crippen LogP) is 3.49. The number of carbonyl (C=O) groups is 1.